The SMILES string of the molecule is CCOC(=O)/C=C/c1ccc(-c2ccc(O)cc2)cc1. The van der Waals surface area contributed by atoms with E-state index in [2.05, 4.69) is 0 Å². The molecule has 2 aromatic rings. The van der Waals surface area contributed by atoms with Crippen LogP contribution in [0.25, 0.3) is 17.2 Å². The number of ether oxygens (including phenoxy) is 1. The Morgan fingerprint density at radius 3 is 2.15 bits per heavy atom. The summed E-state index contributed by atoms with van der Waals surface area (Å²) in [5.41, 5.74) is 3.02. The molecule has 0 radical (unpaired) electrons. The minimum atomic E-state index is -0.338. The zero-order valence-corrected chi connectivity index (χ0v) is 11.2. The van der Waals surface area contributed by atoms with E-state index in [1.165, 1.54) is 6.08 Å². The Morgan fingerprint density at radius 2 is 1.60 bits per heavy atom. The van der Waals surface area contributed by atoms with Crippen LogP contribution in [0.4, 0.5) is 0 Å². The van der Waals surface area contributed by atoms with E-state index in [9.17, 15) is 9.90 Å². The molecule has 3 nitrogen and oxygen atoms in total. The summed E-state index contributed by atoms with van der Waals surface area (Å²) in [5.74, 6) is -0.0853. The zero-order valence-electron chi connectivity index (χ0n) is 11.2. The number of benzene rings is 2. The van der Waals surface area contributed by atoms with E-state index in [1.807, 2.05) is 36.4 Å². The quantitative estimate of drug-likeness (QED) is 0.680. The maximum atomic E-state index is 11.2. The maximum absolute atomic E-state index is 11.2. The molecule has 1 N–H and O–H groups in total. The molecule has 0 unspecified atom stereocenters. The summed E-state index contributed by atoms with van der Waals surface area (Å²) in [6.45, 7) is 2.15. The predicted octanol–water partition coefficient (Wildman–Crippen LogP) is 3.64. The van der Waals surface area contributed by atoms with Crippen LogP contribution in [0.1, 0.15) is 12.5 Å². The minimum Gasteiger partial charge on any atom is -0.508 e. The van der Waals surface area contributed by atoms with Crippen LogP contribution in [-0.4, -0.2) is 17.7 Å². The summed E-state index contributed by atoms with van der Waals surface area (Å²) < 4.78 is 4.82. The fraction of sp³-hybridized carbons (Fsp3) is 0.118. The average molecular weight is 268 g/mol. The van der Waals surface area contributed by atoms with E-state index >= 15 is 0 Å². The van der Waals surface area contributed by atoms with Gasteiger partial charge in [0.05, 0.1) is 6.61 Å². The molecule has 102 valence electrons. The smallest absolute Gasteiger partial charge is 0.330 e. The summed E-state index contributed by atoms with van der Waals surface area (Å²) in [6, 6.07) is 14.8. The summed E-state index contributed by atoms with van der Waals surface area (Å²) in [5, 5.41) is 9.26. The number of hydrogen-bond acceptors (Lipinski definition) is 3. The zero-order chi connectivity index (χ0) is 14.4. The van der Waals surface area contributed by atoms with E-state index in [1.54, 1.807) is 25.1 Å². The molecule has 0 spiro atoms. The molecule has 0 aliphatic rings. The molecule has 2 rings (SSSR count). The van der Waals surface area contributed by atoms with Crippen LogP contribution < -0.4 is 0 Å². The number of aromatic hydroxyl groups is 1. The second-order valence-electron chi connectivity index (χ2n) is 4.25. The Hall–Kier alpha value is -2.55. The predicted molar refractivity (Wildman–Crippen MR) is 79.2 cm³/mol. The maximum Gasteiger partial charge on any atom is 0.330 e. The van der Waals surface area contributed by atoms with Crippen molar-refractivity contribution in [3.8, 4) is 16.9 Å². The lowest BCUT2D eigenvalue weighted by Crippen LogP contribution is -1.98. The van der Waals surface area contributed by atoms with Crippen molar-refractivity contribution in [3.05, 3.63) is 60.2 Å². The Kier molecular flexibility index (Phi) is 4.56. The van der Waals surface area contributed by atoms with Crippen molar-refractivity contribution >= 4 is 12.0 Å². The highest BCUT2D eigenvalue weighted by molar-refractivity contribution is 5.87. The molecular formula is C17H16O3. The van der Waals surface area contributed by atoms with Gasteiger partial charge in [0.15, 0.2) is 0 Å². The van der Waals surface area contributed by atoms with E-state index in [0.29, 0.717) is 6.61 Å². The van der Waals surface area contributed by atoms with Crippen molar-refractivity contribution in [3.63, 3.8) is 0 Å². The van der Waals surface area contributed by atoms with Gasteiger partial charge in [-0.1, -0.05) is 36.4 Å². The lowest BCUT2D eigenvalue weighted by Gasteiger charge is -2.02. The molecule has 0 atom stereocenters. The van der Waals surface area contributed by atoms with Gasteiger partial charge in [-0.15, -0.1) is 0 Å². The molecular weight excluding hydrogens is 252 g/mol. The molecule has 0 fully saturated rings. The molecule has 0 saturated heterocycles. The van der Waals surface area contributed by atoms with Crippen LogP contribution in [0.5, 0.6) is 5.75 Å². The highest BCUT2D eigenvalue weighted by Crippen LogP contribution is 2.22. The third-order valence-corrected chi connectivity index (χ3v) is 2.81. The normalized spacial score (nSPS) is 10.7. The van der Waals surface area contributed by atoms with Crippen molar-refractivity contribution in [1.29, 1.82) is 0 Å². The largest absolute Gasteiger partial charge is 0.508 e. The van der Waals surface area contributed by atoms with Crippen molar-refractivity contribution in [1.82, 2.24) is 0 Å². The Morgan fingerprint density at radius 1 is 1.05 bits per heavy atom. The van der Waals surface area contributed by atoms with E-state index < -0.39 is 0 Å². The third kappa shape index (κ3) is 3.72. The standard InChI is InChI=1S/C17H16O3/c1-2-20-17(19)12-5-13-3-6-14(7-4-13)15-8-10-16(18)11-9-15/h3-12,18H,2H2,1H3/b12-5+. The number of phenolic OH excluding ortho intramolecular Hbond substituents is 1. The lowest BCUT2D eigenvalue weighted by atomic mass is 10.0. The van der Waals surface area contributed by atoms with Gasteiger partial charge in [0.1, 0.15) is 5.75 Å². The van der Waals surface area contributed by atoms with Crippen LogP contribution in [-0.2, 0) is 9.53 Å². The molecule has 0 heterocycles. The number of carbonyl (C=O) groups excluding carboxylic acids is 1. The van der Waals surface area contributed by atoms with Crippen molar-refractivity contribution in [2.75, 3.05) is 6.61 Å². The summed E-state index contributed by atoms with van der Waals surface area (Å²) in [7, 11) is 0. The van der Waals surface area contributed by atoms with Crippen molar-refractivity contribution < 1.29 is 14.6 Å². The van der Waals surface area contributed by atoms with Gasteiger partial charge in [0, 0.05) is 6.08 Å². The Bertz CT molecular complexity index is 595. The van der Waals surface area contributed by atoms with E-state index in [0.717, 1.165) is 16.7 Å². The van der Waals surface area contributed by atoms with Gasteiger partial charge in [-0.05, 0) is 41.8 Å². The average Bonchev–Trinajstić information content (AvgIpc) is 2.47. The molecule has 0 amide bonds. The van der Waals surface area contributed by atoms with E-state index in [-0.39, 0.29) is 11.7 Å². The Balaban J connectivity index is 2.10. The molecule has 20 heavy (non-hydrogen) atoms. The number of carbonyl (C=O) groups is 1. The fourth-order valence-corrected chi connectivity index (χ4v) is 1.80. The first-order valence-electron chi connectivity index (χ1n) is 6.43. The topological polar surface area (TPSA) is 46.5 Å². The second kappa shape index (κ2) is 6.57. The van der Waals surface area contributed by atoms with Crippen LogP contribution in [0.15, 0.2) is 54.6 Å². The highest BCUT2D eigenvalue weighted by Gasteiger charge is 1.98. The van der Waals surface area contributed by atoms with Gasteiger partial charge in [0.25, 0.3) is 0 Å². The minimum absolute atomic E-state index is 0.253. The van der Waals surface area contributed by atoms with Gasteiger partial charge in [-0.2, -0.15) is 0 Å². The highest BCUT2D eigenvalue weighted by atomic mass is 16.5. The fourth-order valence-electron chi connectivity index (χ4n) is 1.80. The third-order valence-electron chi connectivity index (χ3n) is 2.81. The number of esters is 1. The van der Waals surface area contributed by atoms with Crippen LogP contribution in [0, 0.1) is 0 Å². The Labute approximate surface area is 118 Å². The monoisotopic (exact) mass is 268 g/mol. The van der Waals surface area contributed by atoms with Gasteiger partial charge in [0.2, 0.25) is 0 Å². The van der Waals surface area contributed by atoms with Gasteiger partial charge in [-0.3, -0.25) is 0 Å². The first-order valence-corrected chi connectivity index (χ1v) is 6.43. The van der Waals surface area contributed by atoms with Crippen LogP contribution in [0.2, 0.25) is 0 Å². The summed E-state index contributed by atoms with van der Waals surface area (Å²) in [4.78, 5) is 11.2. The molecule has 0 saturated carbocycles. The van der Waals surface area contributed by atoms with Crippen molar-refractivity contribution in [2.45, 2.75) is 6.92 Å². The van der Waals surface area contributed by atoms with Gasteiger partial charge >= 0.3 is 5.97 Å². The van der Waals surface area contributed by atoms with Crippen LogP contribution >= 0.6 is 0 Å². The molecule has 0 aliphatic heterocycles. The molecule has 0 aliphatic carbocycles. The molecule has 0 aromatic heterocycles. The van der Waals surface area contributed by atoms with E-state index in [4.69, 9.17) is 4.74 Å². The molecule has 2 aromatic carbocycles. The first kappa shape index (κ1) is 13.9. The molecule has 3 heteroatoms. The summed E-state index contributed by atoms with van der Waals surface area (Å²) >= 11 is 0. The summed E-state index contributed by atoms with van der Waals surface area (Å²) in [6.07, 6.45) is 3.14. The lowest BCUT2D eigenvalue weighted by molar-refractivity contribution is -0.137. The van der Waals surface area contributed by atoms with Crippen LogP contribution in [0.3, 0.4) is 0 Å². The van der Waals surface area contributed by atoms with Gasteiger partial charge < -0.3 is 9.84 Å². The second-order valence-corrected chi connectivity index (χ2v) is 4.25. The number of phenols is 1. The molecule has 0 bridgehead atoms. The number of rotatable bonds is 4. The first-order chi connectivity index (χ1) is 9.69. The number of hydrogen-bond donors (Lipinski definition) is 1. The van der Waals surface area contributed by atoms with Gasteiger partial charge in [-0.25, -0.2) is 4.79 Å². The van der Waals surface area contributed by atoms with Crippen molar-refractivity contribution in [2.24, 2.45) is 0 Å².